The van der Waals surface area contributed by atoms with Crippen molar-refractivity contribution >= 4 is 5.69 Å². The Morgan fingerprint density at radius 3 is 2.25 bits per heavy atom. The van der Waals surface area contributed by atoms with Crippen molar-refractivity contribution in [1.82, 2.24) is 0 Å². The number of nitro benzene ring substituents is 1. The molecule has 1 atom stereocenters. The lowest BCUT2D eigenvalue weighted by Crippen LogP contribution is -1.89. The van der Waals surface area contributed by atoms with Crippen LogP contribution in [0.3, 0.4) is 0 Å². The maximum atomic E-state index is 12.6. The maximum Gasteiger partial charge on any atom is 0.269 e. The molecule has 0 spiro atoms. The van der Waals surface area contributed by atoms with Gasteiger partial charge >= 0.3 is 0 Å². The van der Waals surface area contributed by atoms with Crippen LogP contribution in [0, 0.1) is 10.1 Å². The minimum Gasteiger partial charge on any atom is -0.258 e. The predicted molar refractivity (Wildman–Crippen MR) is 42.6 cm³/mol. The summed E-state index contributed by atoms with van der Waals surface area (Å²) in [4.78, 5) is 9.69. The third kappa shape index (κ3) is 1.78. The van der Waals surface area contributed by atoms with Crippen LogP contribution < -0.4 is 0 Å². The van der Waals surface area contributed by atoms with Crippen LogP contribution in [0.5, 0.6) is 0 Å². The van der Waals surface area contributed by atoms with Crippen molar-refractivity contribution in [1.29, 1.82) is 0 Å². The Labute approximate surface area is 69.0 Å². The zero-order valence-corrected chi connectivity index (χ0v) is 6.53. The molecular weight excluding hydrogens is 161 g/mol. The van der Waals surface area contributed by atoms with Gasteiger partial charge in [0.15, 0.2) is 0 Å². The Bertz CT molecular complexity index is 282. The van der Waals surface area contributed by atoms with Gasteiger partial charge in [0.2, 0.25) is 0 Å². The van der Waals surface area contributed by atoms with E-state index in [9.17, 15) is 14.5 Å². The van der Waals surface area contributed by atoms with Crippen LogP contribution in [0.15, 0.2) is 24.3 Å². The van der Waals surface area contributed by atoms with Gasteiger partial charge in [0, 0.05) is 12.1 Å². The number of hydrogen-bond donors (Lipinski definition) is 0. The van der Waals surface area contributed by atoms with Gasteiger partial charge in [-0.05, 0) is 24.6 Å². The first-order valence-electron chi connectivity index (χ1n) is 3.49. The highest BCUT2D eigenvalue weighted by molar-refractivity contribution is 5.33. The van der Waals surface area contributed by atoms with Crippen LogP contribution in [0.4, 0.5) is 10.1 Å². The molecule has 0 aliphatic rings. The molecule has 3 nitrogen and oxygen atoms in total. The van der Waals surface area contributed by atoms with Gasteiger partial charge in [0.25, 0.3) is 5.69 Å². The van der Waals surface area contributed by atoms with Gasteiger partial charge in [0.1, 0.15) is 6.17 Å². The van der Waals surface area contributed by atoms with Crippen molar-refractivity contribution in [3.63, 3.8) is 0 Å². The van der Waals surface area contributed by atoms with E-state index in [-0.39, 0.29) is 5.69 Å². The lowest BCUT2D eigenvalue weighted by atomic mass is 10.1. The van der Waals surface area contributed by atoms with Crippen LogP contribution in [0.1, 0.15) is 18.7 Å². The third-order valence-electron chi connectivity index (χ3n) is 1.56. The molecule has 0 radical (unpaired) electrons. The number of benzene rings is 1. The Kier molecular flexibility index (Phi) is 2.38. The molecule has 1 aromatic carbocycles. The number of nitro groups is 1. The summed E-state index contributed by atoms with van der Waals surface area (Å²) in [6, 6.07) is 5.43. The summed E-state index contributed by atoms with van der Waals surface area (Å²) in [5, 5.41) is 10.2. The second-order valence-corrected chi connectivity index (χ2v) is 2.46. The number of non-ortho nitro benzene ring substituents is 1. The van der Waals surface area contributed by atoms with E-state index in [4.69, 9.17) is 0 Å². The Morgan fingerprint density at radius 1 is 1.42 bits per heavy atom. The van der Waals surface area contributed by atoms with Crippen LogP contribution in [0.25, 0.3) is 0 Å². The number of nitrogens with zero attached hydrogens (tertiary/aromatic N) is 1. The second-order valence-electron chi connectivity index (χ2n) is 2.46. The van der Waals surface area contributed by atoms with Gasteiger partial charge in [0.05, 0.1) is 4.92 Å². The molecule has 0 fully saturated rings. The molecular formula is C8H8FNO2. The molecule has 0 heterocycles. The molecule has 0 saturated heterocycles. The van der Waals surface area contributed by atoms with Crippen molar-refractivity contribution < 1.29 is 9.31 Å². The summed E-state index contributed by atoms with van der Waals surface area (Å²) < 4.78 is 12.6. The molecule has 12 heavy (non-hydrogen) atoms. The summed E-state index contributed by atoms with van der Waals surface area (Å²) in [5.41, 5.74) is 0.444. The van der Waals surface area contributed by atoms with E-state index in [1.807, 2.05) is 0 Å². The quantitative estimate of drug-likeness (QED) is 0.504. The van der Waals surface area contributed by atoms with Crippen LogP contribution >= 0.6 is 0 Å². The average Bonchev–Trinajstić information content (AvgIpc) is 2.04. The topological polar surface area (TPSA) is 43.1 Å². The molecule has 64 valence electrons. The van der Waals surface area contributed by atoms with Crippen molar-refractivity contribution in [2.45, 2.75) is 13.1 Å². The van der Waals surface area contributed by atoms with E-state index in [0.717, 1.165) is 0 Å². The highest BCUT2D eigenvalue weighted by Gasteiger charge is 2.06. The highest BCUT2D eigenvalue weighted by atomic mass is 19.1. The minimum atomic E-state index is -1.08. The van der Waals surface area contributed by atoms with E-state index < -0.39 is 11.1 Å². The second kappa shape index (κ2) is 3.30. The maximum absolute atomic E-state index is 12.6. The SMILES string of the molecule is CC(F)c1ccc([N+](=O)[O-])cc1. The number of halogens is 1. The van der Waals surface area contributed by atoms with E-state index in [1.165, 1.54) is 31.2 Å². The first-order valence-corrected chi connectivity index (χ1v) is 3.49. The highest BCUT2D eigenvalue weighted by Crippen LogP contribution is 2.19. The molecule has 0 aromatic heterocycles. The van der Waals surface area contributed by atoms with Crippen molar-refractivity contribution in [3.8, 4) is 0 Å². The molecule has 1 rings (SSSR count). The summed E-state index contributed by atoms with van der Waals surface area (Å²) in [6.45, 7) is 1.39. The predicted octanol–water partition coefficient (Wildman–Crippen LogP) is 2.63. The summed E-state index contributed by atoms with van der Waals surface area (Å²) in [7, 11) is 0. The van der Waals surface area contributed by atoms with Gasteiger partial charge in [-0.2, -0.15) is 0 Å². The van der Waals surface area contributed by atoms with Gasteiger partial charge in [-0.3, -0.25) is 10.1 Å². The molecule has 1 unspecified atom stereocenters. The summed E-state index contributed by atoms with van der Waals surface area (Å²) >= 11 is 0. The fourth-order valence-corrected chi connectivity index (χ4v) is 0.861. The molecule has 0 N–H and O–H groups in total. The number of rotatable bonds is 2. The van der Waals surface area contributed by atoms with E-state index >= 15 is 0 Å². The summed E-state index contributed by atoms with van der Waals surface area (Å²) in [5.74, 6) is 0. The van der Waals surface area contributed by atoms with E-state index in [2.05, 4.69) is 0 Å². The minimum absolute atomic E-state index is 0.0144. The van der Waals surface area contributed by atoms with Gasteiger partial charge in [-0.1, -0.05) is 0 Å². The molecule has 4 heteroatoms. The standard InChI is InChI=1S/C8H8FNO2/c1-6(9)7-2-4-8(5-3-7)10(11)12/h2-6H,1H3. The number of hydrogen-bond acceptors (Lipinski definition) is 2. The summed E-state index contributed by atoms with van der Waals surface area (Å²) in [6.07, 6.45) is -1.08. The van der Waals surface area contributed by atoms with Crippen LogP contribution in [-0.2, 0) is 0 Å². The fourth-order valence-electron chi connectivity index (χ4n) is 0.861. The average molecular weight is 169 g/mol. The molecule has 0 amide bonds. The normalized spacial score (nSPS) is 12.5. The molecule has 0 aliphatic heterocycles. The molecule has 0 saturated carbocycles. The zero-order chi connectivity index (χ0) is 9.14. The molecule has 1 aromatic rings. The van der Waals surface area contributed by atoms with Crippen LogP contribution in [-0.4, -0.2) is 4.92 Å². The van der Waals surface area contributed by atoms with Crippen molar-refractivity contribution in [3.05, 3.63) is 39.9 Å². The lowest BCUT2D eigenvalue weighted by molar-refractivity contribution is -0.384. The fraction of sp³-hybridized carbons (Fsp3) is 0.250. The third-order valence-corrected chi connectivity index (χ3v) is 1.56. The monoisotopic (exact) mass is 169 g/mol. The number of alkyl halides is 1. The zero-order valence-electron chi connectivity index (χ0n) is 6.53. The van der Waals surface area contributed by atoms with Crippen LogP contribution in [0.2, 0.25) is 0 Å². The van der Waals surface area contributed by atoms with Gasteiger partial charge in [-0.25, -0.2) is 4.39 Å². The van der Waals surface area contributed by atoms with E-state index in [1.54, 1.807) is 0 Å². The van der Waals surface area contributed by atoms with Gasteiger partial charge < -0.3 is 0 Å². The van der Waals surface area contributed by atoms with Crippen molar-refractivity contribution in [2.75, 3.05) is 0 Å². The Hall–Kier alpha value is -1.45. The van der Waals surface area contributed by atoms with Crippen molar-refractivity contribution in [2.24, 2.45) is 0 Å². The molecule has 0 bridgehead atoms. The Morgan fingerprint density at radius 2 is 1.92 bits per heavy atom. The smallest absolute Gasteiger partial charge is 0.258 e. The largest absolute Gasteiger partial charge is 0.269 e. The Balaban J connectivity index is 2.93. The van der Waals surface area contributed by atoms with Gasteiger partial charge in [-0.15, -0.1) is 0 Å². The first-order chi connectivity index (χ1) is 5.61. The first kappa shape index (κ1) is 8.64. The molecule has 0 aliphatic carbocycles. The lowest BCUT2D eigenvalue weighted by Gasteiger charge is -1.99. The van der Waals surface area contributed by atoms with E-state index in [0.29, 0.717) is 5.56 Å².